The van der Waals surface area contributed by atoms with E-state index in [4.69, 9.17) is 9.47 Å². The molecule has 0 unspecified atom stereocenters. The normalized spacial score (nSPS) is 11.5. The third kappa shape index (κ3) is 4.14. The largest absolute Gasteiger partial charge is 0.493 e. The van der Waals surface area contributed by atoms with E-state index >= 15 is 0 Å². The van der Waals surface area contributed by atoms with Crippen LogP contribution >= 0.6 is 0 Å². The third-order valence-corrected chi connectivity index (χ3v) is 7.49. The van der Waals surface area contributed by atoms with Crippen molar-refractivity contribution in [2.45, 2.75) is 9.79 Å². The number of nitrogens with one attached hydrogen (secondary N) is 1. The quantitative estimate of drug-likeness (QED) is 0.409. The SMILES string of the molecule is COc1ccc(C(=O)Nc2cc3c(cc2S(=O)(=O)c2ccc(F)cc2)n(C)c(=O)n3C)cc1OC. The number of amides is 1. The molecule has 35 heavy (non-hydrogen) atoms. The molecular formula is C24H22FN3O6S. The molecule has 0 aliphatic heterocycles. The van der Waals surface area contributed by atoms with Crippen LogP contribution in [0, 0.1) is 5.82 Å². The van der Waals surface area contributed by atoms with Crippen LogP contribution in [0.5, 0.6) is 11.5 Å². The summed E-state index contributed by atoms with van der Waals surface area (Å²) >= 11 is 0. The van der Waals surface area contributed by atoms with Crippen molar-refractivity contribution in [3.8, 4) is 11.5 Å². The number of rotatable bonds is 6. The second-order valence-corrected chi connectivity index (χ2v) is 9.64. The Morgan fingerprint density at radius 2 is 1.49 bits per heavy atom. The van der Waals surface area contributed by atoms with Crippen LogP contribution in [0.2, 0.25) is 0 Å². The number of imidazole rings is 1. The molecule has 0 radical (unpaired) electrons. The molecule has 0 saturated heterocycles. The molecule has 0 aliphatic carbocycles. The molecule has 0 aliphatic rings. The summed E-state index contributed by atoms with van der Waals surface area (Å²) in [7, 11) is 1.74. The van der Waals surface area contributed by atoms with Gasteiger partial charge in [-0.25, -0.2) is 17.6 Å². The van der Waals surface area contributed by atoms with E-state index in [-0.39, 0.29) is 26.7 Å². The van der Waals surface area contributed by atoms with Gasteiger partial charge in [0.25, 0.3) is 5.91 Å². The Hall–Kier alpha value is -4.12. The molecule has 0 saturated carbocycles. The Morgan fingerprint density at radius 1 is 0.886 bits per heavy atom. The summed E-state index contributed by atoms with van der Waals surface area (Å²) in [6, 6.07) is 11.6. The monoisotopic (exact) mass is 499 g/mol. The van der Waals surface area contributed by atoms with Crippen molar-refractivity contribution >= 4 is 32.5 Å². The Kier molecular flexibility index (Phi) is 6.12. The Labute approximate surface area is 200 Å². The second kappa shape index (κ2) is 8.91. The molecule has 9 nitrogen and oxygen atoms in total. The number of hydrogen-bond donors (Lipinski definition) is 1. The number of halogens is 1. The average molecular weight is 500 g/mol. The van der Waals surface area contributed by atoms with Crippen molar-refractivity contribution in [1.82, 2.24) is 9.13 Å². The first-order valence-corrected chi connectivity index (χ1v) is 11.8. The Bertz CT molecular complexity index is 1620. The fraction of sp³-hybridized carbons (Fsp3) is 0.167. The van der Waals surface area contributed by atoms with E-state index in [1.807, 2.05) is 0 Å². The molecule has 182 valence electrons. The van der Waals surface area contributed by atoms with Gasteiger partial charge in [-0.1, -0.05) is 0 Å². The molecule has 1 N–H and O–H groups in total. The number of carbonyl (C=O) groups excluding carboxylic acids is 1. The smallest absolute Gasteiger partial charge is 0.328 e. The number of aromatic nitrogens is 2. The van der Waals surface area contributed by atoms with E-state index in [1.54, 1.807) is 13.1 Å². The van der Waals surface area contributed by atoms with Gasteiger partial charge in [0.2, 0.25) is 9.84 Å². The molecule has 3 aromatic carbocycles. The van der Waals surface area contributed by atoms with Gasteiger partial charge in [-0.3, -0.25) is 13.9 Å². The average Bonchev–Trinajstić information content (AvgIpc) is 3.06. The number of hydrogen-bond acceptors (Lipinski definition) is 6. The van der Waals surface area contributed by atoms with Crippen molar-refractivity contribution in [2.24, 2.45) is 14.1 Å². The summed E-state index contributed by atoms with van der Waals surface area (Å²) in [5, 5.41) is 2.64. The Morgan fingerprint density at radius 3 is 2.09 bits per heavy atom. The molecule has 0 bridgehead atoms. The van der Waals surface area contributed by atoms with E-state index in [9.17, 15) is 22.4 Å². The van der Waals surface area contributed by atoms with E-state index in [2.05, 4.69) is 5.32 Å². The lowest BCUT2D eigenvalue weighted by Crippen LogP contribution is -2.19. The fourth-order valence-electron chi connectivity index (χ4n) is 3.76. The minimum atomic E-state index is -4.20. The van der Waals surface area contributed by atoms with Crippen LogP contribution in [0.15, 0.2) is 69.2 Å². The van der Waals surface area contributed by atoms with Gasteiger partial charge in [-0.15, -0.1) is 0 Å². The lowest BCUT2D eigenvalue weighted by molar-refractivity contribution is 0.102. The van der Waals surface area contributed by atoms with Gasteiger partial charge in [0.1, 0.15) is 5.82 Å². The number of methoxy groups -OCH3 is 2. The second-order valence-electron chi connectivity index (χ2n) is 7.72. The maximum Gasteiger partial charge on any atom is 0.328 e. The van der Waals surface area contributed by atoms with Gasteiger partial charge < -0.3 is 14.8 Å². The van der Waals surface area contributed by atoms with Gasteiger partial charge in [-0.05, 0) is 54.6 Å². The highest BCUT2D eigenvalue weighted by Crippen LogP contribution is 2.33. The summed E-state index contributed by atoms with van der Waals surface area (Å²) in [5.41, 5.74) is 0.548. The van der Waals surface area contributed by atoms with Crippen LogP contribution < -0.4 is 20.5 Å². The topological polar surface area (TPSA) is 109 Å². The summed E-state index contributed by atoms with van der Waals surface area (Å²) in [6.45, 7) is 0. The third-order valence-electron chi connectivity index (χ3n) is 5.68. The number of carbonyl (C=O) groups is 1. The van der Waals surface area contributed by atoms with Crippen molar-refractivity contribution in [3.63, 3.8) is 0 Å². The van der Waals surface area contributed by atoms with Crippen LogP contribution in [0.25, 0.3) is 11.0 Å². The minimum absolute atomic E-state index is 0.0391. The fourth-order valence-corrected chi connectivity index (χ4v) is 5.17. The first kappa shape index (κ1) is 24.0. The number of fused-ring (bicyclic) bond motifs is 1. The standard InChI is InChI=1S/C24H22FN3O6S/c1-27-18-12-17(26-23(29)14-5-10-20(33-3)21(11-14)34-4)22(13-19(18)28(2)24(27)30)35(31,32)16-8-6-15(25)7-9-16/h5-13H,1-4H3,(H,26,29). The minimum Gasteiger partial charge on any atom is -0.493 e. The molecule has 0 atom stereocenters. The van der Waals surface area contributed by atoms with Crippen LogP contribution in [-0.4, -0.2) is 37.7 Å². The zero-order valence-electron chi connectivity index (χ0n) is 19.3. The highest BCUT2D eigenvalue weighted by Gasteiger charge is 2.26. The van der Waals surface area contributed by atoms with Crippen molar-refractivity contribution < 1.29 is 27.1 Å². The lowest BCUT2D eigenvalue weighted by Gasteiger charge is -2.14. The molecule has 1 amide bonds. The molecular weight excluding hydrogens is 477 g/mol. The zero-order valence-corrected chi connectivity index (χ0v) is 20.1. The van der Waals surface area contributed by atoms with Gasteiger partial charge in [-0.2, -0.15) is 0 Å². The van der Waals surface area contributed by atoms with Crippen molar-refractivity contribution in [3.05, 3.63) is 76.5 Å². The first-order chi connectivity index (χ1) is 16.6. The van der Waals surface area contributed by atoms with Crippen LogP contribution in [0.4, 0.5) is 10.1 Å². The predicted molar refractivity (Wildman–Crippen MR) is 128 cm³/mol. The number of sulfone groups is 1. The molecule has 0 fully saturated rings. The van der Waals surface area contributed by atoms with E-state index in [0.29, 0.717) is 22.5 Å². The van der Waals surface area contributed by atoms with Crippen LogP contribution in [-0.2, 0) is 23.9 Å². The summed E-state index contributed by atoms with van der Waals surface area (Å²) in [4.78, 5) is 25.2. The highest BCUT2D eigenvalue weighted by atomic mass is 32.2. The van der Waals surface area contributed by atoms with Crippen molar-refractivity contribution in [2.75, 3.05) is 19.5 Å². The number of anilines is 1. The predicted octanol–water partition coefficient (Wildman–Crippen LogP) is 3.12. The number of aryl methyl sites for hydroxylation is 2. The highest BCUT2D eigenvalue weighted by molar-refractivity contribution is 7.91. The first-order valence-electron chi connectivity index (χ1n) is 10.3. The summed E-state index contributed by atoms with van der Waals surface area (Å²) in [5.74, 6) is -0.460. The van der Waals surface area contributed by atoms with Crippen LogP contribution in [0.3, 0.4) is 0 Å². The van der Waals surface area contributed by atoms with Crippen LogP contribution in [0.1, 0.15) is 10.4 Å². The summed E-state index contributed by atoms with van der Waals surface area (Å²) in [6.07, 6.45) is 0. The zero-order chi connectivity index (χ0) is 25.5. The van der Waals surface area contributed by atoms with Crippen molar-refractivity contribution in [1.29, 1.82) is 0 Å². The van der Waals surface area contributed by atoms with E-state index in [0.717, 1.165) is 24.3 Å². The maximum absolute atomic E-state index is 13.5. The van der Waals surface area contributed by atoms with Gasteiger partial charge >= 0.3 is 5.69 Å². The van der Waals surface area contributed by atoms with E-state index in [1.165, 1.54) is 54.7 Å². The summed E-state index contributed by atoms with van der Waals surface area (Å²) < 4.78 is 53.5. The molecule has 11 heteroatoms. The number of benzene rings is 3. The number of ether oxygens (including phenoxy) is 2. The van der Waals surface area contributed by atoms with Gasteiger partial charge in [0.15, 0.2) is 11.5 Å². The Balaban J connectivity index is 1.89. The molecule has 0 spiro atoms. The molecule has 1 aromatic heterocycles. The maximum atomic E-state index is 13.5. The molecule has 4 aromatic rings. The van der Waals surface area contributed by atoms with E-state index < -0.39 is 21.6 Å². The van der Waals surface area contributed by atoms with Gasteiger partial charge in [0.05, 0.1) is 40.7 Å². The van der Waals surface area contributed by atoms with Gasteiger partial charge in [0, 0.05) is 19.7 Å². The molecule has 1 heterocycles. The lowest BCUT2D eigenvalue weighted by atomic mass is 10.1. The number of nitrogens with zero attached hydrogens (tertiary/aromatic N) is 2. The molecule has 4 rings (SSSR count).